The minimum atomic E-state index is -0.552. The highest BCUT2D eigenvalue weighted by Gasteiger charge is 2.26. The van der Waals surface area contributed by atoms with Gasteiger partial charge in [0.25, 0.3) is 5.91 Å². The van der Waals surface area contributed by atoms with Crippen LogP contribution in [0.4, 0.5) is 4.39 Å². The number of carbonyl (C=O) groups excluding carboxylic acids is 1. The summed E-state index contributed by atoms with van der Waals surface area (Å²) in [5.41, 5.74) is 1.39. The van der Waals surface area contributed by atoms with Crippen LogP contribution in [0, 0.1) is 5.82 Å². The van der Waals surface area contributed by atoms with Crippen LogP contribution in [0.5, 0.6) is 5.88 Å². The Balaban J connectivity index is 1.40. The first kappa shape index (κ1) is 18.0. The highest BCUT2D eigenvalue weighted by molar-refractivity contribution is 5.95. The number of hydrogen-bond donors (Lipinski definition) is 0. The minimum absolute atomic E-state index is 0.0361. The molecule has 0 N–H and O–H groups in total. The zero-order valence-corrected chi connectivity index (χ0v) is 15.0. The number of amides is 1. The molecule has 4 rings (SSSR count). The van der Waals surface area contributed by atoms with Gasteiger partial charge >= 0.3 is 0 Å². The van der Waals surface area contributed by atoms with Gasteiger partial charge in [-0.05, 0) is 17.7 Å². The second-order valence-corrected chi connectivity index (χ2v) is 6.47. The predicted molar refractivity (Wildman–Crippen MR) is 99.0 cm³/mol. The highest BCUT2D eigenvalue weighted by Crippen LogP contribution is 2.23. The lowest BCUT2D eigenvalue weighted by molar-refractivity contribution is 0.0583. The normalized spacial score (nSPS) is 14.7. The number of benzene rings is 1. The Bertz CT molecular complexity index is 947. The van der Waals surface area contributed by atoms with E-state index in [1.807, 2.05) is 0 Å². The molecule has 3 aromatic rings. The maximum Gasteiger partial charge on any atom is 0.256 e. The summed E-state index contributed by atoms with van der Waals surface area (Å²) in [6, 6.07) is 4.57. The molecule has 8 heteroatoms. The number of likely N-dealkylation sites (tertiary alicyclic amines) is 1. The van der Waals surface area contributed by atoms with E-state index in [2.05, 4.69) is 19.9 Å². The molecule has 1 saturated heterocycles. The monoisotopic (exact) mass is 379 g/mol. The molecule has 7 nitrogen and oxygen atoms in total. The Labute approximate surface area is 161 Å². The average Bonchev–Trinajstić information content (AvgIpc) is 2.75. The molecular weight excluding hydrogens is 361 g/mol. The second kappa shape index (κ2) is 8.08. The smallest absolute Gasteiger partial charge is 0.256 e. The molecule has 142 valence electrons. The number of halogens is 1. The molecule has 0 atom stereocenters. The van der Waals surface area contributed by atoms with Gasteiger partial charge in [-0.1, -0.05) is 6.07 Å². The summed E-state index contributed by atoms with van der Waals surface area (Å²) >= 11 is 0. The summed E-state index contributed by atoms with van der Waals surface area (Å²) < 4.78 is 20.4. The van der Waals surface area contributed by atoms with Gasteiger partial charge in [0, 0.05) is 56.3 Å². The SMILES string of the molecule is O=C(c1ccc(-c2cncnc2)cc1F)N1CCC(Oc2cnccn2)CC1. The molecule has 2 aromatic heterocycles. The van der Waals surface area contributed by atoms with Gasteiger partial charge < -0.3 is 9.64 Å². The fourth-order valence-electron chi connectivity index (χ4n) is 3.18. The van der Waals surface area contributed by atoms with Crippen molar-refractivity contribution in [2.24, 2.45) is 0 Å². The van der Waals surface area contributed by atoms with Crippen molar-refractivity contribution in [1.82, 2.24) is 24.8 Å². The molecule has 28 heavy (non-hydrogen) atoms. The fourth-order valence-corrected chi connectivity index (χ4v) is 3.18. The van der Waals surface area contributed by atoms with Gasteiger partial charge in [0.15, 0.2) is 0 Å². The van der Waals surface area contributed by atoms with Crippen LogP contribution < -0.4 is 4.74 Å². The number of carbonyl (C=O) groups is 1. The quantitative estimate of drug-likeness (QED) is 0.693. The van der Waals surface area contributed by atoms with Crippen LogP contribution in [-0.4, -0.2) is 49.9 Å². The fraction of sp³-hybridized carbons (Fsp3) is 0.250. The molecule has 0 aliphatic carbocycles. The second-order valence-electron chi connectivity index (χ2n) is 6.47. The molecule has 1 aliphatic rings. The van der Waals surface area contributed by atoms with Gasteiger partial charge in [-0.15, -0.1) is 0 Å². The number of nitrogens with zero attached hydrogens (tertiary/aromatic N) is 5. The Morgan fingerprint density at radius 3 is 2.50 bits per heavy atom. The molecular formula is C20H18FN5O2. The maximum atomic E-state index is 14.6. The van der Waals surface area contributed by atoms with Crippen molar-refractivity contribution in [1.29, 1.82) is 0 Å². The predicted octanol–water partition coefficient (Wildman–Crippen LogP) is 2.76. The van der Waals surface area contributed by atoms with Crippen molar-refractivity contribution < 1.29 is 13.9 Å². The van der Waals surface area contributed by atoms with E-state index in [4.69, 9.17) is 4.74 Å². The van der Waals surface area contributed by atoms with E-state index in [1.165, 1.54) is 18.5 Å². The third kappa shape index (κ3) is 3.95. The van der Waals surface area contributed by atoms with Gasteiger partial charge in [-0.3, -0.25) is 9.78 Å². The van der Waals surface area contributed by atoms with Crippen LogP contribution in [0.2, 0.25) is 0 Å². The first-order valence-electron chi connectivity index (χ1n) is 8.97. The van der Waals surface area contributed by atoms with E-state index in [-0.39, 0.29) is 17.6 Å². The lowest BCUT2D eigenvalue weighted by Crippen LogP contribution is -2.42. The van der Waals surface area contributed by atoms with Gasteiger partial charge in [0.1, 0.15) is 18.2 Å². The van der Waals surface area contributed by atoms with Crippen molar-refractivity contribution >= 4 is 5.91 Å². The lowest BCUT2D eigenvalue weighted by atomic mass is 10.0. The van der Waals surface area contributed by atoms with Crippen LogP contribution >= 0.6 is 0 Å². The van der Waals surface area contributed by atoms with Crippen LogP contribution in [0.25, 0.3) is 11.1 Å². The summed E-state index contributed by atoms with van der Waals surface area (Å²) in [5.74, 6) is -0.394. The summed E-state index contributed by atoms with van der Waals surface area (Å²) in [4.78, 5) is 30.3. The van der Waals surface area contributed by atoms with Gasteiger partial charge in [-0.2, -0.15) is 0 Å². The van der Waals surface area contributed by atoms with E-state index >= 15 is 0 Å². The number of ether oxygens (including phenoxy) is 1. The summed E-state index contributed by atoms with van der Waals surface area (Å²) in [5, 5.41) is 0. The van der Waals surface area contributed by atoms with Crippen LogP contribution in [0.15, 0.2) is 55.5 Å². The zero-order valence-electron chi connectivity index (χ0n) is 15.0. The number of hydrogen-bond acceptors (Lipinski definition) is 6. The van der Waals surface area contributed by atoms with Crippen LogP contribution in [0.3, 0.4) is 0 Å². The van der Waals surface area contributed by atoms with Crippen molar-refractivity contribution in [2.45, 2.75) is 18.9 Å². The zero-order chi connectivity index (χ0) is 19.3. The Hall–Kier alpha value is -3.42. The first-order chi connectivity index (χ1) is 13.7. The van der Waals surface area contributed by atoms with E-state index in [9.17, 15) is 9.18 Å². The number of piperidine rings is 1. The van der Waals surface area contributed by atoms with Gasteiger partial charge in [0.05, 0.1) is 11.8 Å². The molecule has 0 unspecified atom stereocenters. The summed E-state index contributed by atoms with van der Waals surface area (Å²) in [6.07, 6.45) is 10.6. The van der Waals surface area contributed by atoms with Crippen LogP contribution in [0.1, 0.15) is 23.2 Å². The van der Waals surface area contributed by atoms with Crippen molar-refractivity contribution in [2.75, 3.05) is 13.1 Å². The lowest BCUT2D eigenvalue weighted by Gasteiger charge is -2.32. The van der Waals surface area contributed by atoms with Crippen molar-refractivity contribution in [3.05, 3.63) is 66.9 Å². The molecule has 1 aromatic carbocycles. The van der Waals surface area contributed by atoms with E-state index < -0.39 is 5.82 Å². The molecule has 0 bridgehead atoms. The number of rotatable bonds is 4. The Kier molecular flexibility index (Phi) is 5.18. The maximum absolute atomic E-state index is 14.6. The highest BCUT2D eigenvalue weighted by atomic mass is 19.1. The molecule has 1 aliphatic heterocycles. The topological polar surface area (TPSA) is 81.1 Å². The Morgan fingerprint density at radius 2 is 1.82 bits per heavy atom. The first-order valence-corrected chi connectivity index (χ1v) is 8.97. The largest absolute Gasteiger partial charge is 0.473 e. The third-order valence-electron chi connectivity index (χ3n) is 4.65. The third-order valence-corrected chi connectivity index (χ3v) is 4.65. The number of aromatic nitrogens is 4. The molecule has 1 fully saturated rings. The van der Waals surface area contributed by atoms with Gasteiger partial charge in [0.2, 0.25) is 5.88 Å². The van der Waals surface area contributed by atoms with E-state index in [1.54, 1.807) is 42.0 Å². The van der Waals surface area contributed by atoms with Crippen LogP contribution in [-0.2, 0) is 0 Å². The summed E-state index contributed by atoms with van der Waals surface area (Å²) in [7, 11) is 0. The van der Waals surface area contributed by atoms with Crippen molar-refractivity contribution in [3.63, 3.8) is 0 Å². The standard InChI is InChI=1S/C20H18FN5O2/c21-18-9-14(15-10-23-13-24-11-15)1-2-17(18)20(27)26-7-3-16(4-8-26)28-19-12-22-5-6-25-19/h1-2,5-6,9-13,16H,3-4,7-8H2. The van der Waals surface area contributed by atoms with E-state index in [0.717, 1.165) is 0 Å². The molecule has 0 saturated carbocycles. The molecule has 3 heterocycles. The molecule has 0 spiro atoms. The molecule has 1 amide bonds. The van der Waals surface area contributed by atoms with E-state index in [0.29, 0.717) is 42.9 Å². The summed E-state index contributed by atoms with van der Waals surface area (Å²) in [6.45, 7) is 0.995. The van der Waals surface area contributed by atoms with Crippen molar-refractivity contribution in [3.8, 4) is 17.0 Å². The van der Waals surface area contributed by atoms with Gasteiger partial charge in [-0.25, -0.2) is 19.3 Å². The Morgan fingerprint density at radius 1 is 1.04 bits per heavy atom. The minimum Gasteiger partial charge on any atom is -0.473 e. The molecule has 0 radical (unpaired) electrons. The average molecular weight is 379 g/mol.